The molecule has 1 aliphatic heterocycles. The van der Waals surface area contributed by atoms with Crippen molar-refractivity contribution in [1.29, 1.82) is 0 Å². The first-order chi connectivity index (χ1) is 9.53. The van der Waals surface area contributed by atoms with Gasteiger partial charge in [-0.2, -0.15) is 0 Å². The molecule has 0 spiro atoms. The molecule has 1 aromatic rings. The summed E-state index contributed by atoms with van der Waals surface area (Å²) >= 11 is 0. The van der Waals surface area contributed by atoms with E-state index in [1.54, 1.807) is 13.0 Å². The minimum atomic E-state index is -3.58. The van der Waals surface area contributed by atoms with E-state index in [4.69, 9.17) is 14.2 Å². The molecule has 0 saturated carbocycles. The van der Waals surface area contributed by atoms with Crippen molar-refractivity contribution < 1.29 is 22.6 Å². The normalized spacial score (nSPS) is 16.5. The molecule has 2 rings (SSSR count). The SMILES string of the molecule is COC(C)CNS(=O)(=O)c1ccc2c(c1)OCCCO2. The molecule has 1 N–H and O–H groups in total. The molecule has 0 radical (unpaired) electrons. The maximum atomic E-state index is 12.2. The van der Waals surface area contributed by atoms with Crippen LogP contribution in [0, 0.1) is 0 Å². The van der Waals surface area contributed by atoms with Crippen LogP contribution >= 0.6 is 0 Å². The summed E-state index contributed by atoms with van der Waals surface area (Å²) < 4.78 is 42.8. The zero-order chi connectivity index (χ0) is 14.6. The van der Waals surface area contributed by atoms with Gasteiger partial charge in [-0.1, -0.05) is 0 Å². The lowest BCUT2D eigenvalue weighted by molar-refractivity contribution is 0.122. The number of fused-ring (bicyclic) bond motifs is 1. The molecule has 0 amide bonds. The number of hydrogen-bond acceptors (Lipinski definition) is 5. The largest absolute Gasteiger partial charge is 0.490 e. The topological polar surface area (TPSA) is 73.9 Å². The average Bonchev–Trinajstić information content (AvgIpc) is 2.69. The predicted octanol–water partition coefficient (Wildman–Crippen LogP) is 1.16. The third-order valence-corrected chi connectivity index (χ3v) is 4.41. The molecule has 0 bridgehead atoms. The molecule has 0 fully saturated rings. The summed E-state index contributed by atoms with van der Waals surface area (Å²) in [5.74, 6) is 1.04. The van der Waals surface area contributed by atoms with Gasteiger partial charge in [0.2, 0.25) is 10.0 Å². The minimum Gasteiger partial charge on any atom is -0.490 e. The number of hydrogen-bond donors (Lipinski definition) is 1. The highest BCUT2D eigenvalue weighted by atomic mass is 32.2. The number of sulfonamides is 1. The smallest absolute Gasteiger partial charge is 0.240 e. The number of rotatable bonds is 5. The summed E-state index contributed by atoms with van der Waals surface area (Å²) in [5.41, 5.74) is 0. The molecule has 20 heavy (non-hydrogen) atoms. The molecule has 0 aromatic heterocycles. The Bertz CT molecular complexity index is 558. The summed E-state index contributed by atoms with van der Waals surface area (Å²) in [6.45, 7) is 3.09. The van der Waals surface area contributed by atoms with E-state index in [1.807, 2.05) is 0 Å². The van der Waals surface area contributed by atoms with Gasteiger partial charge in [0, 0.05) is 26.1 Å². The summed E-state index contributed by atoms with van der Waals surface area (Å²) in [6.07, 6.45) is 0.588. The van der Waals surface area contributed by atoms with Crippen molar-refractivity contribution in [3.63, 3.8) is 0 Å². The zero-order valence-electron chi connectivity index (χ0n) is 11.6. The second-order valence-electron chi connectivity index (χ2n) is 4.56. The molecule has 1 unspecified atom stereocenters. The fraction of sp³-hybridized carbons (Fsp3) is 0.538. The fourth-order valence-electron chi connectivity index (χ4n) is 1.70. The second-order valence-corrected chi connectivity index (χ2v) is 6.32. The Hall–Kier alpha value is -1.31. The zero-order valence-corrected chi connectivity index (χ0v) is 12.4. The highest BCUT2D eigenvalue weighted by Gasteiger charge is 2.19. The van der Waals surface area contributed by atoms with Crippen LogP contribution in [0.3, 0.4) is 0 Å². The monoisotopic (exact) mass is 301 g/mol. The van der Waals surface area contributed by atoms with E-state index in [0.717, 1.165) is 6.42 Å². The fourth-order valence-corrected chi connectivity index (χ4v) is 2.83. The quantitative estimate of drug-likeness (QED) is 0.883. The first kappa shape index (κ1) is 15.1. The summed E-state index contributed by atoms with van der Waals surface area (Å²) in [6, 6.07) is 4.61. The Morgan fingerprint density at radius 1 is 1.30 bits per heavy atom. The van der Waals surface area contributed by atoms with Crippen molar-refractivity contribution in [2.24, 2.45) is 0 Å². The van der Waals surface area contributed by atoms with Gasteiger partial charge in [0.25, 0.3) is 0 Å². The Morgan fingerprint density at radius 3 is 2.70 bits per heavy atom. The van der Waals surface area contributed by atoms with E-state index in [-0.39, 0.29) is 17.5 Å². The van der Waals surface area contributed by atoms with Crippen LogP contribution in [0.15, 0.2) is 23.1 Å². The van der Waals surface area contributed by atoms with Gasteiger partial charge < -0.3 is 14.2 Å². The molecule has 6 nitrogen and oxygen atoms in total. The molecular weight excluding hydrogens is 282 g/mol. The maximum absolute atomic E-state index is 12.2. The molecule has 1 heterocycles. The number of benzene rings is 1. The van der Waals surface area contributed by atoms with Crippen LogP contribution in [0.5, 0.6) is 11.5 Å². The lowest BCUT2D eigenvalue weighted by Gasteiger charge is -2.13. The summed E-state index contributed by atoms with van der Waals surface area (Å²) in [4.78, 5) is 0.157. The van der Waals surface area contributed by atoms with Crippen LogP contribution in [-0.2, 0) is 14.8 Å². The molecular formula is C13H19NO5S. The van der Waals surface area contributed by atoms with Crippen molar-refractivity contribution in [3.05, 3.63) is 18.2 Å². The second kappa shape index (κ2) is 6.43. The lowest BCUT2D eigenvalue weighted by Crippen LogP contribution is -2.31. The van der Waals surface area contributed by atoms with E-state index < -0.39 is 10.0 Å². The van der Waals surface area contributed by atoms with E-state index >= 15 is 0 Å². The van der Waals surface area contributed by atoms with Crippen LogP contribution in [0.4, 0.5) is 0 Å². The first-order valence-electron chi connectivity index (χ1n) is 6.45. The van der Waals surface area contributed by atoms with Gasteiger partial charge >= 0.3 is 0 Å². The van der Waals surface area contributed by atoms with Gasteiger partial charge in [-0.3, -0.25) is 0 Å². The number of ether oxygens (including phenoxy) is 3. The van der Waals surface area contributed by atoms with Crippen LogP contribution in [0.2, 0.25) is 0 Å². The van der Waals surface area contributed by atoms with Gasteiger partial charge in [0.15, 0.2) is 11.5 Å². The van der Waals surface area contributed by atoms with Crippen LogP contribution < -0.4 is 14.2 Å². The number of methoxy groups -OCH3 is 1. The molecule has 0 aliphatic carbocycles. The Balaban J connectivity index is 2.17. The molecule has 0 saturated heterocycles. The van der Waals surface area contributed by atoms with Gasteiger partial charge in [-0.15, -0.1) is 0 Å². The van der Waals surface area contributed by atoms with Crippen LogP contribution in [0.1, 0.15) is 13.3 Å². The van der Waals surface area contributed by atoms with Gasteiger partial charge in [-0.25, -0.2) is 13.1 Å². The van der Waals surface area contributed by atoms with E-state index in [1.165, 1.54) is 19.2 Å². The van der Waals surface area contributed by atoms with Crippen molar-refractivity contribution in [2.45, 2.75) is 24.3 Å². The third kappa shape index (κ3) is 3.62. The number of nitrogens with one attached hydrogen (secondary N) is 1. The summed E-state index contributed by atoms with van der Waals surface area (Å²) in [5, 5.41) is 0. The lowest BCUT2D eigenvalue weighted by atomic mass is 10.3. The summed E-state index contributed by atoms with van der Waals surface area (Å²) in [7, 11) is -2.04. The first-order valence-corrected chi connectivity index (χ1v) is 7.93. The van der Waals surface area contributed by atoms with Crippen molar-refractivity contribution in [3.8, 4) is 11.5 Å². The van der Waals surface area contributed by atoms with E-state index in [2.05, 4.69) is 4.72 Å². The van der Waals surface area contributed by atoms with E-state index in [9.17, 15) is 8.42 Å². The highest BCUT2D eigenvalue weighted by Crippen LogP contribution is 2.31. The van der Waals surface area contributed by atoms with Crippen molar-refractivity contribution in [1.82, 2.24) is 4.72 Å². The Morgan fingerprint density at radius 2 is 2.00 bits per heavy atom. The van der Waals surface area contributed by atoms with Crippen molar-refractivity contribution in [2.75, 3.05) is 26.9 Å². The third-order valence-electron chi connectivity index (χ3n) is 2.99. The maximum Gasteiger partial charge on any atom is 0.240 e. The molecule has 7 heteroatoms. The highest BCUT2D eigenvalue weighted by molar-refractivity contribution is 7.89. The van der Waals surface area contributed by atoms with Crippen LogP contribution in [-0.4, -0.2) is 41.4 Å². The van der Waals surface area contributed by atoms with Crippen LogP contribution in [0.25, 0.3) is 0 Å². The van der Waals surface area contributed by atoms with Gasteiger partial charge in [0.05, 0.1) is 24.2 Å². The molecule has 112 valence electrons. The Kier molecular flexibility index (Phi) is 4.85. The minimum absolute atomic E-state index is 0.157. The Labute approximate surface area is 119 Å². The van der Waals surface area contributed by atoms with Gasteiger partial charge in [-0.05, 0) is 19.1 Å². The predicted molar refractivity (Wildman–Crippen MR) is 73.7 cm³/mol. The van der Waals surface area contributed by atoms with Gasteiger partial charge in [0.1, 0.15) is 0 Å². The molecule has 1 aromatic carbocycles. The molecule has 1 atom stereocenters. The standard InChI is InChI=1S/C13H19NO5S/c1-10(17-2)9-14-20(15,16)11-4-5-12-13(8-11)19-7-3-6-18-12/h4-5,8,10,14H,3,6-7,9H2,1-2H3. The van der Waals surface area contributed by atoms with Crippen molar-refractivity contribution >= 4 is 10.0 Å². The molecule has 1 aliphatic rings. The van der Waals surface area contributed by atoms with E-state index in [0.29, 0.717) is 24.7 Å². The average molecular weight is 301 g/mol.